The Morgan fingerprint density at radius 3 is 2.50 bits per heavy atom. The molecule has 0 N–H and O–H groups in total. The zero-order chi connectivity index (χ0) is 6.55. The van der Waals surface area contributed by atoms with Gasteiger partial charge in [-0.25, -0.2) is 0 Å². The quantitative estimate of drug-likeness (QED) is 0.483. The highest BCUT2D eigenvalue weighted by molar-refractivity contribution is 5.11. The van der Waals surface area contributed by atoms with Gasteiger partial charge in [0.25, 0.3) is 0 Å². The Bertz CT molecular complexity index is 176. The SMILES string of the molecule is C1=CC2CC(C1)C2C1CC1. The Balaban J connectivity index is 1.82. The van der Waals surface area contributed by atoms with E-state index in [0.717, 1.165) is 23.7 Å². The maximum absolute atomic E-state index is 2.48. The summed E-state index contributed by atoms with van der Waals surface area (Å²) in [5.41, 5.74) is 0. The summed E-state index contributed by atoms with van der Waals surface area (Å²) in [7, 11) is 0. The van der Waals surface area contributed by atoms with E-state index in [9.17, 15) is 0 Å². The van der Waals surface area contributed by atoms with Crippen LogP contribution in [0.4, 0.5) is 0 Å². The molecule has 0 heteroatoms. The standard InChI is InChI=1S/C10H14/c1-2-8-6-9(3-1)10(8)7-4-5-7/h1-2,7-10H,3-6H2. The molecule has 0 spiro atoms. The molecular formula is C10H14. The number of hydrogen-bond donors (Lipinski definition) is 0. The molecule has 0 heterocycles. The molecule has 0 aliphatic heterocycles. The first-order chi connectivity index (χ1) is 4.95. The molecule has 2 fully saturated rings. The topological polar surface area (TPSA) is 0 Å². The molecule has 4 aliphatic rings. The summed E-state index contributed by atoms with van der Waals surface area (Å²) in [5.74, 6) is 4.44. The largest absolute Gasteiger partial charge is 0.0880 e. The average molecular weight is 134 g/mol. The summed E-state index contributed by atoms with van der Waals surface area (Å²) in [6.45, 7) is 0. The van der Waals surface area contributed by atoms with Crippen molar-refractivity contribution in [3.63, 3.8) is 0 Å². The van der Waals surface area contributed by atoms with Crippen LogP contribution in [0, 0.1) is 23.7 Å². The summed E-state index contributed by atoms with van der Waals surface area (Å²) in [6, 6.07) is 0. The first-order valence-corrected chi connectivity index (χ1v) is 4.62. The molecule has 0 aromatic heterocycles. The third-order valence-electron chi connectivity index (χ3n) is 3.60. The van der Waals surface area contributed by atoms with Crippen LogP contribution in [0.25, 0.3) is 0 Å². The molecule has 2 bridgehead atoms. The molecule has 0 aromatic carbocycles. The van der Waals surface area contributed by atoms with Crippen LogP contribution in [0.15, 0.2) is 12.2 Å². The highest BCUT2D eigenvalue weighted by Crippen LogP contribution is 2.57. The van der Waals surface area contributed by atoms with E-state index in [4.69, 9.17) is 0 Å². The minimum atomic E-state index is 1.02. The van der Waals surface area contributed by atoms with Gasteiger partial charge in [0.15, 0.2) is 0 Å². The second-order valence-electron chi connectivity index (χ2n) is 4.24. The monoisotopic (exact) mass is 134 g/mol. The van der Waals surface area contributed by atoms with Gasteiger partial charge in [0.05, 0.1) is 0 Å². The van der Waals surface area contributed by atoms with Crippen LogP contribution in [0.1, 0.15) is 25.7 Å². The van der Waals surface area contributed by atoms with Gasteiger partial charge in [-0.3, -0.25) is 0 Å². The van der Waals surface area contributed by atoms with Gasteiger partial charge >= 0.3 is 0 Å². The number of allylic oxidation sites excluding steroid dienone is 2. The van der Waals surface area contributed by atoms with E-state index in [0.29, 0.717) is 0 Å². The third-order valence-corrected chi connectivity index (χ3v) is 3.60. The lowest BCUT2D eigenvalue weighted by Gasteiger charge is -2.46. The summed E-state index contributed by atoms with van der Waals surface area (Å²) < 4.78 is 0. The minimum absolute atomic E-state index is 1.02. The van der Waals surface area contributed by atoms with E-state index in [-0.39, 0.29) is 0 Å². The van der Waals surface area contributed by atoms with Crippen LogP contribution >= 0.6 is 0 Å². The highest BCUT2D eigenvalue weighted by Gasteiger charge is 2.48. The van der Waals surface area contributed by atoms with Crippen LogP contribution in [-0.2, 0) is 0 Å². The molecule has 0 nitrogen and oxygen atoms in total. The Morgan fingerprint density at radius 1 is 1.10 bits per heavy atom. The smallest absolute Gasteiger partial charge is 0.0197 e. The van der Waals surface area contributed by atoms with E-state index in [2.05, 4.69) is 12.2 Å². The van der Waals surface area contributed by atoms with Crippen molar-refractivity contribution in [2.24, 2.45) is 23.7 Å². The molecule has 0 amide bonds. The van der Waals surface area contributed by atoms with Gasteiger partial charge in [-0.15, -0.1) is 0 Å². The summed E-state index contributed by atoms with van der Waals surface area (Å²) in [5, 5.41) is 0. The first kappa shape index (κ1) is 5.40. The van der Waals surface area contributed by atoms with Crippen molar-refractivity contribution in [2.75, 3.05) is 0 Å². The lowest BCUT2D eigenvalue weighted by Crippen LogP contribution is -2.39. The average Bonchev–Trinajstić information content (AvgIpc) is 2.73. The van der Waals surface area contributed by atoms with Gasteiger partial charge in [-0.1, -0.05) is 12.2 Å². The molecule has 0 aromatic rings. The molecule has 10 heavy (non-hydrogen) atoms. The maximum atomic E-state index is 2.48. The van der Waals surface area contributed by atoms with Crippen molar-refractivity contribution in [1.82, 2.24) is 0 Å². The predicted octanol–water partition coefficient (Wildman–Crippen LogP) is 2.61. The van der Waals surface area contributed by atoms with Crippen LogP contribution in [0.3, 0.4) is 0 Å². The van der Waals surface area contributed by atoms with Gasteiger partial charge < -0.3 is 0 Å². The minimum Gasteiger partial charge on any atom is -0.0880 e. The van der Waals surface area contributed by atoms with E-state index < -0.39 is 0 Å². The Hall–Kier alpha value is -0.260. The normalized spacial score (nSPS) is 50.6. The van der Waals surface area contributed by atoms with Crippen molar-refractivity contribution in [1.29, 1.82) is 0 Å². The number of fused-ring (bicyclic) bond motifs is 1. The fourth-order valence-corrected chi connectivity index (χ4v) is 2.92. The molecular weight excluding hydrogens is 120 g/mol. The maximum Gasteiger partial charge on any atom is -0.0197 e. The molecule has 54 valence electrons. The van der Waals surface area contributed by atoms with Crippen molar-refractivity contribution in [3.05, 3.63) is 12.2 Å². The van der Waals surface area contributed by atoms with Gasteiger partial charge in [0, 0.05) is 0 Å². The summed E-state index contributed by atoms with van der Waals surface area (Å²) in [6.07, 6.45) is 10.9. The van der Waals surface area contributed by atoms with Crippen LogP contribution in [0.5, 0.6) is 0 Å². The highest BCUT2D eigenvalue weighted by atomic mass is 14.5. The molecule has 4 rings (SSSR count). The molecule has 0 radical (unpaired) electrons. The van der Waals surface area contributed by atoms with Crippen molar-refractivity contribution in [2.45, 2.75) is 25.7 Å². The van der Waals surface area contributed by atoms with Crippen LogP contribution < -0.4 is 0 Å². The molecule has 2 saturated carbocycles. The second kappa shape index (κ2) is 1.66. The van der Waals surface area contributed by atoms with Crippen molar-refractivity contribution in [3.8, 4) is 0 Å². The fraction of sp³-hybridized carbons (Fsp3) is 0.800. The van der Waals surface area contributed by atoms with E-state index in [1.165, 1.54) is 12.8 Å². The predicted molar refractivity (Wildman–Crippen MR) is 41.6 cm³/mol. The van der Waals surface area contributed by atoms with Crippen molar-refractivity contribution >= 4 is 0 Å². The van der Waals surface area contributed by atoms with E-state index in [1.54, 1.807) is 12.8 Å². The summed E-state index contributed by atoms with van der Waals surface area (Å²) in [4.78, 5) is 0. The zero-order valence-corrected chi connectivity index (χ0v) is 6.29. The lowest BCUT2D eigenvalue weighted by atomic mass is 9.58. The first-order valence-electron chi connectivity index (χ1n) is 4.62. The van der Waals surface area contributed by atoms with E-state index in [1.807, 2.05) is 0 Å². The molecule has 3 atom stereocenters. The molecule has 0 saturated heterocycles. The molecule has 4 aliphatic carbocycles. The number of rotatable bonds is 1. The number of hydrogen-bond acceptors (Lipinski definition) is 0. The van der Waals surface area contributed by atoms with Crippen molar-refractivity contribution < 1.29 is 0 Å². The third kappa shape index (κ3) is 0.574. The van der Waals surface area contributed by atoms with Crippen LogP contribution in [-0.4, -0.2) is 0 Å². The van der Waals surface area contributed by atoms with Gasteiger partial charge in [-0.2, -0.15) is 0 Å². The van der Waals surface area contributed by atoms with E-state index >= 15 is 0 Å². The second-order valence-corrected chi connectivity index (χ2v) is 4.24. The lowest BCUT2D eigenvalue weighted by molar-refractivity contribution is 0.0759. The Labute approximate surface area is 62.3 Å². The van der Waals surface area contributed by atoms with Gasteiger partial charge in [0.2, 0.25) is 0 Å². The van der Waals surface area contributed by atoms with Gasteiger partial charge in [-0.05, 0) is 49.4 Å². The summed E-state index contributed by atoms with van der Waals surface area (Å²) >= 11 is 0. The van der Waals surface area contributed by atoms with Gasteiger partial charge in [0.1, 0.15) is 0 Å². The zero-order valence-electron chi connectivity index (χ0n) is 6.29. The fourth-order valence-electron chi connectivity index (χ4n) is 2.92. The Kier molecular flexibility index (Phi) is 0.898. The van der Waals surface area contributed by atoms with Crippen LogP contribution in [0.2, 0.25) is 0 Å². The molecule has 3 unspecified atom stereocenters. The Morgan fingerprint density at radius 2 is 2.00 bits per heavy atom.